The molecule has 7 heteroatoms. The molecule has 3 rings (SSSR count). The first-order valence-corrected chi connectivity index (χ1v) is 9.76. The third-order valence-electron chi connectivity index (χ3n) is 4.70. The third-order valence-corrected chi connectivity index (χ3v) is 4.70. The van der Waals surface area contributed by atoms with Crippen molar-refractivity contribution in [2.45, 2.75) is 25.9 Å². The molecule has 1 fully saturated rings. The van der Waals surface area contributed by atoms with Crippen molar-refractivity contribution >= 4 is 35.8 Å². The van der Waals surface area contributed by atoms with E-state index < -0.39 is 0 Å². The zero-order chi connectivity index (χ0) is 19.6. The van der Waals surface area contributed by atoms with E-state index in [1.54, 1.807) is 13.1 Å². The van der Waals surface area contributed by atoms with Gasteiger partial charge < -0.3 is 20.3 Å². The predicted molar refractivity (Wildman–Crippen MR) is 130 cm³/mol. The van der Waals surface area contributed by atoms with Gasteiger partial charge in [0.1, 0.15) is 18.2 Å². The average molecular weight is 507 g/mol. The molecule has 1 aromatic heterocycles. The van der Waals surface area contributed by atoms with Gasteiger partial charge in [-0.3, -0.25) is 4.99 Å². The number of nitrogens with one attached hydrogen (secondary N) is 2. The number of pyridine rings is 1. The second-order valence-electron chi connectivity index (χ2n) is 6.70. The maximum absolute atomic E-state index is 5.71. The van der Waals surface area contributed by atoms with Gasteiger partial charge in [0.15, 0.2) is 5.96 Å². The summed E-state index contributed by atoms with van der Waals surface area (Å²) in [5.41, 5.74) is 2.27. The summed E-state index contributed by atoms with van der Waals surface area (Å²) in [6.07, 6.45) is 6.13. The van der Waals surface area contributed by atoms with Crippen LogP contribution in [0, 0.1) is 0 Å². The van der Waals surface area contributed by atoms with Crippen molar-refractivity contribution in [1.82, 2.24) is 15.6 Å². The lowest BCUT2D eigenvalue weighted by Crippen LogP contribution is -2.36. The summed E-state index contributed by atoms with van der Waals surface area (Å²) in [4.78, 5) is 11.2. The Kier molecular flexibility index (Phi) is 9.76. The second kappa shape index (κ2) is 12.3. The van der Waals surface area contributed by atoms with E-state index in [4.69, 9.17) is 4.74 Å². The number of aromatic nitrogens is 1. The van der Waals surface area contributed by atoms with Gasteiger partial charge in [-0.1, -0.05) is 30.9 Å². The number of hydrogen-bond acceptors (Lipinski definition) is 4. The maximum Gasteiger partial charge on any atom is 0.191 e. The van der Waals surface area contributed by atoms with Crippen molar-refractivity contribution in [2.24, 2.45) is 4.99 Å². The van der Waals surface area contributed by atoms with Crippen LogP contribution in [0.15, 0.2) is 60.2 Å². The van der Waals surface area contributed by atoms with Crippen LogP contribution in [0.1, 0.15) is 24.0 Å². The first kappa shape index (κ1) is 23.0. The summed E-state index contributed by atoms with van der Waals surface area (Å²) in [7, 11) is 1.78. The van der Waals surface area contributed by atoms with E-state index in [0.29, 0.717) is 19.7 Å². The Balaban J connectivity index is 0.00000300. The normalized spacial score (nSPS) is 13.6. The highest BCUT2D eigenvalue weighted by Crippen LogP contribution is 2.19. The molecule has 2 N–H and O–H groups in total. The minimum Gasteiger partial charge on any atom is -0.489 e. The van der Waals surface area contributed by atoms with Crippen molar-refractivity contribution in [3.8, 4) is 5.75 Å². The van der Waals surface area contributed by atoms with E-state index in [1.165, 1.54) is 18.4 Å². The molecular formula is C22H30IN5O. The lowest BCUT2D eigenvalue weighted by molar-refractivity contribution is 0.358. The number of ether oxygens (including phenoxy) is 1. The van der Waals surface area contributed by atoms with Crippen molar-refractivity contribution < 1.29 is 4.74 Å². The molecule has 1 aliphatic rings. The van der Waals surface area contributed by atoms with Crippen LogP contribution in [0.2, 0.25) is 0 Å². The van der Waals surface area contributed by atoms with E-state index in [0.717, 1.165) is 36.2 Å². The molecule has 2 heterocycles. The van der Waals surface area contributed by atoms with Crippen LogP contribution in [-0.2, 0) is 13.1 Å². The number of guanidine groups is 1. The van der Waals surface area contributed by atoms with Gasteiger partial charge in [-0.05, 0) is 36.6 Å². The topological polar surface area (TPSA) is 61.8 Å². The minimum atomic E-state index is 0. The number of aliphatic imine (C=N–C) groups is 1. The Morgan fingerprint density at radius 1 is 1.21 bits per heavy atom. The van der Waals surface area contributed by atoms with E-state index in [9.17, 15) is 0 Å². The molecule has 1 aliphatic heterocycles. The fourth-order valence-electron chi connectivity index (χ4n) is 3.21. The zero-order valence-corrected chi connectivity index (χ0v) is 19.3. The van der Waals surface area contributed by atoms with Gasteiger partial charge in [0.25, 0.3) is 0 Å². The summed E-state index contributed by atoms with van der Waals surface area (Å²) in [6, 6.07) is 12.2. The Labute approximate surface area is 190 Å². The Morgan fingerprint density at radius 2 is 1.97 bits per heavy atom. The molecule has 29 heavy (non-hydrogen) atoms. The lowest BCUT2D eigenvalue weighted by Gasteiger charge is -2.17. The molecule has 0 atom stereocenters. The first-order valence-electron chi connectivity index (χ1n) is 9.76. The largest absolute Gasteiger partial charge is 0.489 e. The van der Waals surface area contributed by atoms with E-state index in [2.05, 4.69) is 38.2 Å². The summed E-state index contributed by atoms with van der Waals surface area (Å²) >= 11 is 0. The highest BCUT2D eigenvalue weighted by atomic mass is 127. The van der Waals surface area contributed by atoms with E-state index >= 15 is 0 Å². The number of benzene rings is 1. The van der Waals surface area contributed by atoms with Crippen LogP contribution < -0.4 is 20.3 Å². The lowest BCUT2D eigenvalue weighted by atomic mass is 10.2. The molecule has 0 unspecified atom stereocenters. The summed E-state index contributed by atoms with van der Waals surface area (Å²) in [5, 5.41) is 6.72. The Hall–Kier alpha value is -2.29. The van der Waals surface area contributed by atoms with Crippen LogP contribution in [0.3, 0.4) is 0 Å². The monoisotopic (exact) mass is 507 g/mol. The van der Waals surface area contributed by atoms with Gasteiger partial charge >= 0.3 is 0 Å². The molecular weight excluding hydrogens is 477 g/mol. The molecule has 1 aromatic carbocycles. The summed E-state index contributed by atoms with van der Waals surface area (Å²) in [6.45, 7) is 7.71. The highest BCUT2D eigenvalue weighted by molar-refractivity contribution is 14.0. The van der Waals surface area contributed by atoms with Gasteiger partial charge in [-0.2, -0.15) is 0 Å². The zero-order valence-electron chi connectivity index (χ0n) is 16.9. The van der Waals surface area contributed by atoms with Crippen LogP contribution in [0.25, 0.3) is 0 Å². The summed E-state index contributed by atoms with van der Waals surface area (Å²) < 4.78 is 5.71. The number of halogens is 1. The number of rotatable bonds is 8. The molecule has 156 valence electrons. The average Bonchev–Trinajstić information content (AvgIpc) is 3.28. The second-order valence-corrected chi connectivity index (χ2v) is 6.70. The van der Waals surface area contributed by atoms with Crippen LogP contribution >= 0.6 is 24.0 Å². The molecule has 1 saturated heterocycles. The molecule has 0 radical (unpaired) electrons. The minimum absolute atomic E-state index is 0. The number of hydrogen-bond donors (Lipinski definition) is 2. The molecule has 0 saturated carbocycles. The SMILES string of the molecule is C=CCOc1ccccc1CNC(=NC)NCc1ccnc(N2CCCC2)c1.I. The first-order chi connectivity index (χ1) is 13.8. The molecule has 0 aliphatic carbocycles. The fourth-order valence-corrected chi connectivity index (χ4v) is 3.21. The van der Waals surface area contributed by atoms with E-state index in [1.807, 2.05) is 36.5 Å². The van der Waals surface area contributed by atoms with Crippen molar-refractivity contribution in [3.05, 3.63) is 66.4 Å². The predicted octanol–water partition coefficient (Wildman–Crippen LogP) is 3.73. The van der Waals surface area contributed by atoms with Crippen LogP contribution in [-0.4, -0.2) is 37.7 Å². The van der Waals surface area contributed by atoms with Crippen LogP contribution in [0.5, 0.6) is 5.75 Å². The molecule has 0 amide bonds. The quantitative estimate of drug-likeness (QED) is 0.247. The maximum atomic E-state index is 5.71. The number of nitrogens with zero attached hydrogens (tertiary/aromatic N) is 3. The summed E-state index contributed by atoms with van der Waals surface area (Å²) in [5.74, 6) is 2.67. The van der Waals surface area contributed by atoms with E-state index in [-0.39, 0.29) is 24.0 Å². The molecule has 0 spiro atoms. The fraction of sp³-hybridized carbons (Fsp3) is 0.364. The number of anilines is 1. The van der Waals surface area contributed by atoms with Gasteiger partial charge in [0.2, 0.25) is 0 Å². The van der Waals surface area contributed by atoms with Gasteiger partial charge in [-0.25, -0.2) is 4.98 Å². The van der Waals surface area contributed by atoms with Crippen molar-refractivity contribution in [1.29, 1.82) is 0 Å². The molecule has 6 nitrogen and oxygen atoms in total. The van der Waals surface area contributed by atoms with Crippen LogP contribution in [0.4, 0.5) is 5.82 Å². The Morgan fingerprint density at radius 3 is 2.72 bits per heavy atom. The standard InChI is InChI=1S/C22H29N5O.HI/c1-3-14-28-20-9-5-4-8-19(20)17-26-22(23-2)25-16-18-10-11-24-21(15-18)27-12-6-7-13-27;/h3-5,8-11,15H,1,6-7,12-14,16-17H2,2H3,(H2,23,25,26);1H. The number of para-hydroxylation sites is 1. The Bertz CT molecular complexity index is 805. The third kappa shape index (κ3) is 6.92. The van der Waals surface area contributed by atoms with Gasteiger partial charge in [-0.15, -0.1) is 24.0 Å². The smallest absolute Gasteiger partial charge is 0.191 e. The molecule has 2 aromatic rings. The highest BCUT2D eigenvalue weighted by Gasteiger charge is 2.13. The van der Waals surface area contributed by atoms with Gasteiger partial charge in [0.05, 0.1) is 0 Å². The van der Waals surface area contributed by atoms with Gasteiger partial charge in [0, 0.05) is 45.0 Å². The van der Waals surface area contributed by atoms with Crippen molar-refractivity contribution in [3.63, 3.8) is 0 Å². The van der Waals surface area contributed by atoms with Crippen molar-refractivity contribution in [2.75, 3.05) is 31.6 Å². The molecule has 0 bridgehead atoms.